The second-order valence-corrected chi connectivity index (χ2v) is 9.99. The van der Waals surface area contributed by atoms with Crippen LogP contribution in [0.1, 0.15) is 49.5 Å². The Labute approximate surface area is 182 Å². The van der Waals surface area contributed by atoms with Crippen molar-refractivity contribution in [1.29, 1.82) is 0 Å². The van der Waals surface area contributed by atoms with E-state index in [4.69, 9.17) is 0 Å². The molecule has 0 saturated carbocycles. The number of thiazole rings is 1. The second kappa shape index (κ2) is 9.68. The summed E-state index contributed by atoms with van der Waals surface area (Å²) in [7, 11) is -3.56. The molecule has 6 nitrogen and oxygen atoms in total. The largest absolute Gasteiger partial charge is 0.298 e. The second-order valence-electron chi connectivity index (χ2n) is 7.02. The third-order valence-electron chi connectivity index (χ3n) is 4.80. The van der Waals surface area contributed by atoms with Crippen LogP contribution < -0.4 is 5.32 Å². The summed E-state index contributed by atoms with van der Waals surface area (Å²) in [6, 6.07) is 12.1. The summed E-state index contributed by atoms with van der Waals surface area (Å²) >= 11 is 1.43. The van der Waals surface area contributed by atoms with Gasteiger partial charge in [-0.05, 0) is 55.2 Å². The zero-order chi connectivity index (χ0) is 21.7. The fourth-order valence-corrected chi connectivity index (χ4v) is 5.82. The molecule has 2 aromatic carbocycles. The van der Waals surface area contributed by atoms with E-state index in [2.05, 4.69) is 17.2 Å². The number of aryl methyl sites for hydroxylation is 1. The molecule has 8 heteroatoms. The smallest absolute Gasteiger partial charge is 0.257 e. The van der Waals surface area contributed by atoms with Gasteiger partial charge in [-0.25, -0.2) is 13.4 Å². The standard InChI is InChI=1S/C22H27N3O3S2/c1-4-14-25(15-5-2)30(27,28)18-12-10-17(11-13-18)21(26)24-22-23-20-16(6-3)8-7-9-19(20)29-22/h7-13H,4-6,14-15H2,1-3H3,(H,23,24,26). The van der Waals surface area contributed by atoms with Gasteiger partial charge in [-0.3, -0.25) is 10.1 Å². The molecule has 0 atom stereocenters. The molecule has 0 aliphatic carbocycles. The van der Waals surface area contributed by atoms with Crippen molar-refractivity contribution in [3.8, 4) is 0 Å². The summed E-state index contributed by atoms with van der Waals surface area (Å²) in [5, 5.41) is 3.36. The van der Waals surface area contributed by atoms with E-state index < -0.39 is 10.0 Å². The van der Waals surface area contributed by atoms with Crippen LogP contribution in [0.4, 0.5) is 5.13 Å². The van der Waals surface area contributed by atoms with E-state index in [1.54, 1.807) is 12.1 Å². The zero-order valence-electron chi connectivity index (χ0n) is 17.5. The minimum Gasteiger partial charge on any atom is -0.298 e. The van der Waals surface area contributed by atoms with Crippen LogP contribution in [0.15, 0.2) is 47.4 Å². The van der Waals surface area contributed by atoms with E-state index in [0.717, 1.165) is 35.0 Å². The number of nitrogens with zero attached hydrogens (tertiary/aromatic N) is 2. The summed E-state index contributed by atoms with van der Waals surface area (Å²) in [4.78, 5) is 17.4. The number of anilines is 1. The van der Waals surface area contributed by atoms with Gasteiger partial charge in [-0.1, -0.05) is 44.2 Å². The van der Waals surface area contributed by atoms with Crippen molar-refractivity contribution >= 4 is 42.6 Å². The average Bonchev–Trinajstić information content (AvgIpc) is 3.16. The zero-order valence-corrected chi connectivity index (χ0v) is 19.1. The molecule has 3 rings (SSSR count). The van der Waals surface area contributed by atoms with Crippen molar-refractivity contribution in [3.05, 3.63) is 53.6 Å². The van der Waals surface area contributed by atoms with Crippen LogP contribution in [0, 0.1) is 0 Å². The van der Waals surface area contributed by atoms with Crippen molar-refractivity contribution in [2.24, 2.45) is 0 Å². The number of hydrogen-bond acceptors (Lipinski definition) is 5. The van der Waals surface area contributed by atoms with Gasteiger partial charge in [-0.2, -0.15) is 4.31 Å². The molecule has 1 aromatic heterocycles. The van der Waals surface area contributed by atoms with Crippen LogP contribution in [0.3, 0.4) is 0 Å². The molecule has 0 aliphatic heterocycles. The highest BCUT2D eigenvalue weighted by Gasteiger charge is 2.23. The first-order chi connectivity index (χ1) is 14.4. The first kappa shape index (κ1) is 22.4. The third-order valence-corrected chi connectivity index (χ3v) is 7.65. The Kier molecular flexibility index (Phi) is 7.23. The lowest BCUT2D eigenvalue weighted by Crippen LogP contribution is -2.32. The molecule has 160 valence electrons. The van der Waals surface area contributed by atoms with Crippen LogP contribution in [-0.4, -0.2) is 36.7 Å². The molecule has 0 radical (unpaired) electrons. The maximum atomic E-state index is 12.9. The minimum absolute atomic E-state index is 0.202. The lowest BCUT2D eigenvalue weighted by Gasteiger charge is -2.21. The summed E-state index contributed by atoms with van der Waals surface area (Å²) in [6.07, 6.45) is 2.38. The number of amides is 1. The normalized spacial score (nSPS) is 11.9. The van der Waals surface area contributed by atoms with Crippen molar-refractivity contribution in [1.82, 2.24) is 9.29 Å². The van der Waals surface area contributed by atoms with Crippen molar-refractivity contribution in [2.75, 3.05) is 18.4 Å². The number of fused-ring (bicyclic) bond motifs is 1. The fourth-order valence-electron chi connectivity index (χ4n) is 3.29. The van der Waals surface area contributed by atoms with Crippen LogP contribution in [0.5, 0.6) is 0 Å². The van der Waals surface area contributed by atoms with Gasteiger partial charge in [-0.15, -0.1) is 0 Å². The summed E-state index contributed by atoms with van der Waals surface area (Å²) in [5.74, 6) is -0.310. The highest BCUT2D eigenvalue weighted by Crippen LogP contribution is 2.29. The van der Waals surface area contributed by atoms with Gasteiger partial charge in [0.15, 0.2) is 5.13 Å². The predicted molar refractivity (Wildman–Crippen MR) is 123 cm³/mol. The number of sulfonamides is 1. The number of nitrogens with one attached hydrogen (secondary N) is 1. The molecule has 0 saturated heterocycles. The maximum absolute atomic E-state index is 12.9. The number of rotatable bonds is 9. The fraction of sp³-hybridized carbons (Fsp3) is 0.364. The molecular formula is C22H27N3O3S2. The van der Waals surface area contributed by atoms with E-state index in [-0.39, 0.29) is 10.8 Å². The summed E-state index contributed by atoms with van der Waals surface area (Å²) in [5.41, 5.74) is 2.44. The highest BCUT2D eigenvalue weighted by atomic mass is 32.2. The first-order valence-corrected chi connectivity index (χ1v) is 12.5. The van der Waals surface area contributed by atoms with Crippen molar-refractivity contribution in [2.45, 2.75) is 44.9 Å². The lowest BCUT2D eigenvalue weighted by atomic mass is 10.1. The third kappa shape index (κ3) is 4.71. The summed E-state index contributed by atoms with van der Waals surface area (Å²) in [6.45, 7) is 6.95. The molecule has 0 aliphatic rings. The van der Waals surface area contributed by atoms with E-state index in [1.807, 2.05) is 32.0 Å². The number of benzene rings is 2. The van der Waals surface area contributed by atoms with Crippen molar-refractivity contribution < 1.29 is 13.2 Å². The van der Waals surface area contributed by atoms with Gasteiger partial charge in [0.05, 0.1) is 15.1 Å². The molecule has 0 bridgehead atoms. The van der Waals surface area contributed by atoms with Gasteiger partial charge in [0.2, 0.25) is 10.0 Å². The van der Waals surface area contributed by atoms with Gasteiger partial charge < -0.3 is 0 Å². The molecule has 1 heterocycles. The van der Waals surface area contributed by atoms with Gasteiger partial charge in [0, 0.05) is 18.7 Å². The average molecular weight is 446 g/mol. The molecule has 0 fully saturated rings. The Morgan fingerprint density at radius 2 is 1.70 bits per heavy atom. The van der Waals surface area contributed by atoms with E-state index in [9.17, 15) is 13.2 Å². The Morgan fingerprint density at radius 1 is 1.03 bits per heavy atom. The molecule has 30 heavy (non-hydrogen) atoms. The molecular weight excluding hydrogens is 418 g/mol. The molecule has 1 amide bonds. The highest BCUT2D eigenvalue weighted by molar-refractivity contribution is 7.89. The maximum Gasteiger partial charge on any atom is 0.257 e. The minimum atomic E-state index is -3.56. The Balaban J connectivity index is 1.78. The van der Waals surface area contributed by atoms with E-state index in [1.165, 1.54) is 27.8 Å². The SMILES string of the molecule is CCCN(CCC)S(=O)(=O)c1ccc(C(=O)Nc2nc3c(CC)cccc3s2)cc1. The van der Waals surface area contributed by atoms with Gasteiger partial charge in [0.1, 0.15) is 0 Å². The summed E-state index contributed by atoms with van der Waals surface area (Å²) < 4.78 is 28.2. The van der Waals surface area contributed by atoms with Crippen molar-refractivity contribution in [3.63, 3.8) is 0 Å². The Hall–Kier alpha value is -2.29. The Bertz CT molecular complexity index is 1120. The number of aromatic nitrogens is 1. The van der Waals surface area contributed by atoms with Crippen LogP contribution >= 0.6 is 11.3 Å². The number of carbonyl (C=O) groups excluding carboxylic acids is 1. The predicted octanol–water partition coefficient (Wildman–Crippen LogP) is 4.92. The van der Waals surface area contributed by atoms with Crippen LogP contribution in [0.2, 0.25) is 0 Å². The number of carbonyl (C=O) groups is 1. The Morgan fingerprint density at radius 3 is 2.30 bits per heavy atom. The van der Waals surface area contributed by atoms with Gasteiger partial charge >= 0.3 is 0 Å². The quantitative estimate of drug-likeness (QED) is 0.507. The van der Waals surface area contributed by atoms with Crippen LogP contribution in [0.25, 0.3) is 10.2 Å². The van der Waals surface area contributed by atoms with E-state index in [0.29, 0.717) is 23.8 Å². The van der Waals surface area contributed by atoms with E-state index >= 15 is 0 Å². The molecule has 0 unspecified atom stereocenters. The number of hydrogen-bond donors (Lipinski definition) is 1. The molecule has 3 aromatic rings. The first-order valence-electron chi connectivity index (χ1n) is 10.2. The monoisotopic (exact) mass is 445 g/mol. The topological polar surface area (TPSA) is 79.4 Å². The molecule has 0 spiro atoms. The van der Waals surface area contributed by atoms with Crippen LogP contribution in [-0.2, 0) is 16.4 Å². The van der Waals surface area contributed by atoms with Gasteiger partial charge in [0.25, 0.3) is 5.91 Å². The lowest BCUT2D eigenvalue weighted by molar-refractivity contribution is 0.102. The molecule has 1 N–H and O–H groups in total. The number of para-hydroxylation sites is 1.